The standard InChI is InChI=1S/C20H20ClN3O/c21-14-8-9-17-16(11-14)18(13-5-2-1-3-6-13)19(24-17)20(25)23-15-7-4-10-22-12-15/h1-3,5-6,8-9,11,15,22,24H,4,7,10,12H2,(H,23,25). The molecule has 0 aliphatic carbocycles. The van der Waals surface area contributed by atoms with E-state index in [-0.39, 0.29) is 11.9 Å². The number of fused-ring (bicyclic) bond motifs is 1. The summed E-state index contributed by atoms with van der Waals surface area (Å²) in [7, 11) is 0. The van der Waals surface area contributed by atoms with E-state index in [1.807, 2.05) is 48.5 Å². The first kappa shape index (κ1) is 16.2. The molecule has 4 nitrogen and oxygen atoms in total. The van der Waals surface area contributed by atoms with Crippen LogP contribution in [0.15, 0.2) is 48.5 Å². The third kappa shape index (κ3) is 3.28. The minimum absolute atomic E-state index is 0.0696. The second-order valence-electron chi connectivity index (χ2n) is 6.45. The van der Waals surface area contributed by atoms with E-state index in [0.717, 1.165) is 48.0 Å². The highest BCUT2D eigenvalue weighted by molar-refractivity contribution is 6.31. The van der Waals surface area contributed by atoms with Crippen molar-refractivity contribution in [1.82, 2.24) is 15.6 Å². The average Bonchev–Trinajstić information content (AvgIpc) is 3.02. The zero-order valence-corrected chi connectivity index (χ0v) is 14.6. The molecule has 3 N–H and O–H groups in total. The van der Waals surface area contributed by atoms with Gasteiger partial charge in [0, 0.05) is 34.1 Å². The molecule has 1 aliphatic heterocycles. The first-order chi connectivity index (χ1) is 12.2. The Bertz CT molecular complexity index is 898. The van der Waals surface area contributed by atoms with Crippen LogP contribution in [0.5, 0.6) is 0 Å². The Hall–Kier alpha value is -2.30. The third-order valence-electron chi connectivity index (χ3n) is 4.68. The van der Waals surface area contributed by atoms with Gasteiger partial charge in [-0.3, -0.25) is 4.79 Å². The summed E-state index contributed by atoms with van der Waals surface area (Å²) in [5, 5.41) is 8.11. The highest BCUT2D eigenvalue weighted by Crippen LogP contribution is 2.34. The van der Waals surface area contributed by atoms with E-state index >= 15 is 0 Å². The van der Waals surface area contributed by atoms with Crippen LogP contribution < -0.4 is 10.6 Å². The second kappa shape index (κ2) is 6.90. The Morgan fingerprint density at radius 3 is 2.76 bits per heavy atom. The first-order valence-electron chi connectivity index (χ1n) is 8.60. The minimum atomic E-state index is -0.0696. The van der Waals surface area contributed by atoms with Crippen molar-refractivity contribution in [1.29, 1.82) is 0 Å². The molecule has 0 spiro atoms. The number of aromatic amines is 1. The molecule has 0 saturated carbocycles. The molecule has 1 amide bonds. The fourth-order valence-electron chi connectivity index (χ4n) is 3.47. The number of amides is 1. The smallest absolute Gasteiger partial charge is 0.268 e. The van der Waals surface area contributed by atoms with Crippen molar-refractivity contribution in [3.8, 4) is 11.1 Å². The Balaban J connectivity index is 1.78. The zero-order chi connectivity index (χ0) is 17.2. The van der Waals surface area contributed by atoms with Crippen LogP contribution in [0.2, 0.25) is 5.02 Å². The summed E-state index contributed by atoms with van der Waals surface area (Å²) < 4.78 is 0. The number of carbonyl (C=O) groups is 1. The summed E-state index contributed by atoms with van der Waals surface area (Å²) in [5.41, 5.74) is 3.41. The molecular formula is C20H20ClN3O. The first-order valence-corrected chi connectivity index (χ1v) is 8.98. The lowest BCUT2D eigenvalue weighted by Gasteiger charge is -2.23. The van der Waals surface area contributed by atoms with Crippen molar-refractivity contribution in [2.45, 2.75) is 18.9 Å². The Labute approximate surface area is 151 Å². The molecule has 25 heavy (non-hydrogen) atoms. The number of aromatic nitrogens is 1. The highest BCUT2D eigenvalue weighted by atomic mass is 35.5. The van der Waals surface area contributed by atoms with E-state index in [9.17, 15) is 4.79 Å². The van der Waals surface area contributed by atoms with Crippen LogP contribution in [0.4, 0.5) is 0 Å². The number of nitrogens with one attached hydrogen (secondary N) is 3. The molecular weight excluding hydrogens is 334 g/mol. The van der Waals surface area contributed by atoms with E-state index < -0.39 is 0 Å². The molecule has 0 radical (unpaired) electrons. The summed E-state index contributed by atoms with van der Waals surface area (Å²) in [4.78, 5) is 16.2. The molecule has 0 bridgehead atoms. The van der Waals surface area contributed by atoms with Crippen molar-refractivity contribution in [2.75, 3.05) is 13.1 Å². The molecule has 1 aliphatic rings. The summed E-state index contributed by atoms with van der Waals surface area (Å²) in [6.45, 7) is 1.84. The average molecular weight is 354 g/mol. The van der Waals surface area contributed by atoms with Crippen LogP contribution >= 0.6 is 11.6 Å². The van der Waals surface area contributed by atoms with E-state index in [0.29, 0.717) is 10.7 Å². The molecule has 4 rings (SSSR count). The number of halogens is 1. The number of hydrogen-bond acceptors (Lipinski definition) is 2. The predicted octanol–water partition coefficient (Wildman–Crippen LogP) is 3.97. The van der Waals surface area contributed by atoms with Crippen molar-refractivity contribution in [3.05, 3.63) is 59.2 Å². The van der Waals surface area contributed by atoms with Crippen molar-refractivity contribution < 1.29 is 4.79 Å². The lowest BCUT2D eigenvalue weighted by Crippen LogP contribution is -2.45. The van der Waals surface area contributed by atoms with Gasteiger partial charge in [-0.1, -0.05) is 41.9 Å². The van der Waals surface area contributed by atoms with Gasteiger partial charge in [0.05, 0.1) is 0 Å². The van der Waals surface area contributed by atoms with E-state index in [1.54, 1.807) is 0 Å². The van der Waals surface area contributed by atoms with Crippen molar-refractivity contribution in [2.24, 2.45) is 0 Å². The summed E-state index contributed by atoms with van der Waals surface area (Å²) in [5.74, 6) is -0.0696. The number of carbonyl (C=O) groups excluding carboxylic acids is 1. The maximum Gasteiger partial charge on any atom is 0.268 e. The highest BCUT2D eigenvalue weighted by Gasteiger charge is 2.22. The number of piperidine rings is 1. The maximum atomic E-state index is 13.0. The van der Waals surface area contributed by atoms with E-state index in [4.69, 9.17) is 11.6 Å². The Morgan fingerprint density at radius 1 is 1.16 bits per heavy atom. The number of benzene rings is 2. The molecule has 1 fully saturated rings. The normalized spacial score (nSPS) is 17.6. The minimum Gasteiger partial charge on any atom is -0.350 e. The van der Waals surface area contributed by atoms with Crippen LogP contribution in [-0.2, 0) is 0 Å². The number of hydrogen-bond donors (Lipinski definition) is 3. The van der Waals surface area contributed by atoms with Gasteiger partial charge >= 0.3 is 0 Å². The molecule has 1 aromatic heterocycles. The van der Waals surface area contributed by atoms with Gasteiger partial charge in [-0.05, 0) is 43.1 Å². The van der Waals surface area contributed by atoms with Crippen LogP contribution in [0.1, 0.15) is 23.3 Å². The van der Waals surface area contributed by atoms with Crippen LogP contribution in [-0.4, -0.2) is 30.0 Å². The van der Waals surface area contributed by atoms with E-state index in [2.05, 4.69) is 15.6 Å². The molecule has 1 unspecified atom stereocenters. The molecule has 2 heterocycles. The summed E-state index contributed by atoms with van der Waals surface area (Å²) in [6.07, 6.45) is 2.09. The molecule has 1 atom stereocenters. The van der Waals surface area contributed by atoms with Gasteiger partial charge in [0.15, 0.2) is 0 Å². The summed E-state index contributed by atoms with van der Waals surface area (Å²) >= 11 is 6.20. The molecule has 3 aromatic rings. The number of H-pyrrole nitrogens is 1. The van der Waals surface area contributed by atoms with Gasteiger partial charge in [0.25, 0.3) is 5.91 Å². The van der Waals surface area contributed by atoms with Gasteiger partial charge < -0.3 is 15.6 Å². The van der Waals surface area contributed by atoms with Crippen LogP contribution in [0.25, 0.3) is 22.0 Å². The van der Waals surface area contributed by atoms with Crippen molar-refractivity contribution in [3.63, 3.8) is 0 Å². The van der Waals surface area contributed by atoms with Gasteiger partial charge in [0.1, 0.15) is 5.69 Å². The van der Waals surface area contributed by atoms with Crippen molar-refractivity contribution >= 4 is 28.4 Å². The topological polar surface area (TPSA) is 56.9 Å². The van der Waals surface area contributed by atoms with Gasteiger partial charge in [-0.2, -0.15) is 0 Å². The maximum absolute atomic E-state index is 13.0. The largest absolute Gasteiger partial charge is 0.350 e. The second-order valence-corrected chi connectivity index (χ2v) is 6.88. The SMILES string of the molecule is O=C(NC1CCCNC1)c1[nH]c2ccc(Cl)cc2c1-c1ccccc1. The third-order valence-corrected chi connectivity index (χ3v) is 4.92. The molecule has 1 saturated heterocycles. The lowest BCUT2D eigenvalue weighted by atomic mass is 10.0. The van der Waals surface area contributed by atoms with E-state index in [1.165, 1.54) is 0 Å². The van der Waals surface area contributed by atoms with Crippen LogP contribution in [0.3, 0.4) is 0 Å². The Kier molecular flexibility index (Phi) is 4.47. The zero-order valence-electron chi connectivity index (χ0n) is 13.8. The fraction of sp³-hybridized carbons (Fsp3) is 0.250. The van der Waals surface area contributed by atoms with Gasteiger partial charge in [0.2, 0.25) is 0 Å². The van der Waals surface area contributed by atoms with Crippen LogP contribution in [0, 0.1) is 0 Å². The Morgan fingerprint density at radius 2 is 2.00 bits per heavy atom. The number of rotatable bonds is 3. The fourth-order valence-corrected chi connectivity index (χ4v) is 3.64. The summed E-state index contributed by atoms with van der Waals surface area (Å²) in [6, 6.07) is 15.8. The van der Waals surface area contributed by atoms with Gasteiger partial charge in [-0.25, -0.2) is 0 Å². The quantitative estimate of drug-likeness (QED) is 0.667. The molecule has 128 valence electrons. The molecule has 5 heteroatoms. The monoisotopic (exact) mass is 353 g/mol. The predicted molar refractivity (Wildman–Crippen MR) is 102 cm³/mol. The van der Waals surface area contributed by atoms with Gasteiger partial charge in [-0.15, -0.1) is 0 Å². The molecule has 2 aromatic carbocycles. The lowest BCUT2D eigenvalue weighted by molar-refractivity contribution is 0.0927.